The topological polar surface area (TPSA) is 104 Å². The Kier molecular flexibility index (Phi) is 6.06. The summed E-state index contributed by atoms with van der Waals surface area (Å²) in [5, 5.41) is 19.6. The van der Waals surface area contributed by atoms with Gasteiger partial charge >= 0.3 is 11.9 Å². The van der Waals surface area contributed by atoms with Crippen molar-refractivity contribution in [3.63, 3.8) is 0 Å². The number of rotatable bonds is 7. The summed E-state index contributed by atoms with van der Waals surface area (Å²) < 4.78 is 12.9. The van der Waals surface area contributed by atoms with E-state index in [1.165, 1.54) is 24.3 Å². The van der Waals surface area contributed by atoms with E-state index in [0.29, 0.717) is 5.56 Å². The number of amides is 1. The van der Waals surface area contributed by atoms with Crippen molar-refractivity contribution in [2.45, 2.75) is 18.9 Å². The van der Waals surface area contributed by atoms with E-state index in [1.54, 1.807) is 6.07 Å². The molecule has 1 unspecified atom stereocenters. The van der Waals surface area contributed by atoms with E-state index in [4.69, 9.17) is 10.2 Å². The fourth-order valence-corrected chi connectivity index (χ4v) is 1.53. The minimum Gasteiger partial charge on any atom is -0.481 e. The van der Waals surface area contributed by atoms with Gasteiger partial charge in [0.05, 0.1) is 0 Å². The highest BCUT2D eigenvalue weighted by atomic mass is 19.1. The molecule has 3 N–H and O–H groups in total. The third kappa shape index (κ3) is 6.33. The van der Waals surface area contributed by atoms with E-state index < -0.39 is 29.7 Å². The average Bonchev–Trinajstić information content (AvgIpc) is 2.40. The van der Waals surface area contributed by atoms with Crippen LogP contribution in [-0.2, 0) is 14.4 Å². The summed E-state index contributed by atoms with van der Waals surface area (Å²) >= 11 is 0. The maximum Gasteiger partial charge on any atom is 0.326 e. The molecule has 0 saturated carbocycles. The number of hydrogen-bond acceptors (Lipinski definition) is 3. The van der Waals surface area contributed by atoms with E-state index in [2.05, 4.69) is 5.32 Å². The van der Waals surface area contributed by atoms with E-state index in [1.807, 2.05) is 0 Å². The lowest BCUT2D eigenvalue weighted by Gasteiger charge is -2.11. The molecule has 112 valence electrons. The second kappa shape index (κ2) is 7.78. The van der Waals surface area contributed by atoms with Crippen molar-refractivity contribution in [2.75, 3.05) is 0 Å². The number of halogens is 1. The van der Waals surface area contributed by atoms with Gasteiger partial charge in [-0.25, -0.2) is 9.18 Å². The number of hydrogen-bond donors (Lipinski definition) is 3. The predicted molar refractivity (Wildman–Crippen MR) is 71.9 cm³/mol. The Balaban J connectivity index is 2.61. The number of aliphatic carboxylic acids is 2. The van der Waals surface area contributed by atoms with Crippen molar-refractivity contribution < 1.29 is 29.0 Å². The van der Waals surface area contributed by atoms with Crippen molar-refractivity contribution in [3.05, 3.63) is 41.7 Å². The minimum absolute atomic E-state index is 0.218. The molecule has 21 heavy (non-hydrogen) atoms. The van der Waals surface area contributed by atoms with Crippen molar-refractivity contribution >= 4 is 23.9 Å². The highest BCUT2D eigenvalue weighted by Gasteiger charge is 2.19. The van der Waals surface area contributed by atoms with E-state index in [-0.39, 0.29) is 12.8 Å². The summed E-state index contributed by atoms with van der Waals surface area (Å²) in [4.78, 5) is 32.8. The highest BCUT2D eigenvalue weighted by molar-refractivity contribution is 5.94. The Morgan fingerprint density at radius 2 is 2.00 bits per heavy atom. The molecular weight excluding hydrogens is 281 g/mol. The summed E-state index contributed by atoms with van der Waals surface area (Å²) in [5.41, 5.74) is 0.447. The van der Waals surface area contributed by atoms with Gasteiger partial charge < -0.3 is 15.5 Å². The van der Waals surface area contributed by atoms with Crippen LogP contribution >= 0.6 is 0 Å². The molecule has 1 aromatic carbocycles. The van der Waals surface area contributed by atoms with Crippen molar-refractivity contribution in [1.29, 1.82) is 0 Å². The maximum atomic E-state index is 12.9. The normalized spacial score (nSPS) is 12.0. The van der Waals surface area contributed by atoms with Crippen LogP contribution < -0.4 is 5.32 Å². The van der Waals surface area contributed by atoms with Gasteiger partial charge in [-0.1, -0.05) is 12.1 Å². The van der Waals surface area contributed by atoms with Gasteiger partial charge in [0, 0.05) is 12.5 Å². The molecule has 0 fully saturated rings. The molecule has 0 aliphatic carbocycles. The zero-order chi connectivity index (χ0) is 15.8. The summed E-state index contributed by atoms with van der Waals surface area (Å²) in [6, 6.07) is 4.23. The number of carboxylic acid groups (broad SMARTS) is 2. The standard InChI is InChI=1S/C14H14FNO5/c15-10-3-1-2-9(8-10)4-6-12(17)16-11(14(20)21)5-7-13(18)19/h1-4,6,8,11H,5,7H2,(H,16,17)(H,18,19)(H,20,21)/b6-4+. The van der Waals surface area contributed by atoms with E-state index in [9.17, 15) is 18.8 Å². The summed E-state index contributed by atoms with van der Waals surface area (Å²) in [5.74, 6) is -3.62. The zero-order valence-corrected chi connectivity index (χ0v) is 11.0. The van der Waals surface area contributed by atoms with Crippen LogP contribution in [-0.4, -0.2) is 34.1 Å². The summed E-state index contributed by atoms with van der Waals surface area (Å²) in [7, 11) is 0. The molecule has 1 rings (SSSR count). The fraction of sp³-hybridized carbons (Fsp3) is 0.214. The number of benzene rings is 1. The van der Waals surface area contributed by atoms with Gasteiger partial charge in [-0.15, -0.1) is 0 Å². The van der Waals surface area contributed by atoms with Crippen LogP contribution in [0, 0.1) is 5.82 Å². The lowest BCUT2D eigenvalue weighted by Crippen LogP contribution is -2.40. The number of nitrogens with one attached hydrogen (secondary N) is 1. The molecule has 1 atom stereocenters. The van der Waals surface area contributed by atoms with Gasteiger partial charge in [0.25, 0.3) is 0 Å². The maximum absolute atomic E-state index is 12.9. The minimum atomic E-state index is -1.32. The zero-order valence-electron chi connectivity index (χ0n) is 11.0. The van der Waals surface area contributed by atoms with Crippen LogP contribution in [0.4, 0.5) is 4.39 Å². The van der Waals surface area contributed by atoms with Crippen molar-refractivity contribution in [3.8, 4) is 0 Å². The molecule has 0 heterocycles. The van der Waals surface area contributed by atoms with Gasteiger partial charge in [-0.2, -0.15) is 0 Å². The third-order valence-corrected chi connectivity index (χ3v) is 2.54. The highest BCUT2D eigenvalue weighted by Crippen LogP contribution is 2.05. The van der Waals surface area contributed by atoms with Gasteiger partial charge in [0.1, 0.15) is 11.9 Å². The van der Waals surface area contributed by atoms with Crippen LogP contribution in [0.3, 0.4) is 0 Å². The Morgan fingerprint density at radius 1 is 1.29 bits per heavy atom. The molecule has 1 aromatic rings. The lowest BCUT2D eigenvalue weighted by molar-refractivity contribution is -0.142. The molecule has 1 amide bonds. The number of carbonyl (C=O) groups is 3. The molecule has 6 nitrogen and oxygen atoms in total. The Hall–Kier alpha value is -2.70. The molecular formula is C14H14FNO5. The van der Waals surface area contributed by atoms with Gasteiger partial charge in [-0.3, -0.25) is 9.59 Å². The molecule has 0 radical (unpaired) electrons. The van der Waals surface area contributed by atoms with Crippen LogP contribution in [0.5, 0.6) is 0 Å². The van der Waals surface area contributed by atoms with Crippen LogP contribution in [0.1, 0.15) is 18.4 Å². The van der Waals surface area contributed by atoms with Gasteiger partial charge in [0.15, 0.2) is 0 Å². The third-order valence-electron chi connectivity index (χ3n) is 2.54. The summed E-state index contributed by atoms with van der Waals surface area (Å²) in [6.07, 6.45) is 1.80. The molecule has 0 aliphatic rings. The van der Waals surface area contributed by atoms with E-state index >= 15 is 0 Å². The second-order valence-corrected chi connectivity index (χ2v) is 4.22. The van der Waals surface area contributed by atoms with E-state index in [0.717, 1.165) is 6.08 Å². The first-order valence-corrected chi connectivity index (χ1v) is 6.07. The Morgan fingerprint density at radius 3 is 2.57 bits per heavy atom. The molecule has 7 heteroatoms. The Labute approximate surface area is 119 Å². The molecule has 0 aliphatic heterocycles. The Bertz CT molecular complexity index is 570. The average molecular weight is 295 g/mol. The van der Waals surface area contributed by atoms with Gasteiger partial charge in [-0.05, 0) is 30.2 Å². The SMILES string of the molecule is O=C(O)CCC(NC(=O)/C=C/c1cccc(F)c1)C(=O)O. The van der Waals surface area contributed by atoms with Crippen LogP contribution in [0.15, 0.2) is 30.3 Å². The van der Waals surface area contributed by atoms with Crippen LogP contribution in [0.25, 0.3) is 6.08 Å². The molecule has 0 spiro atoms. The smallest absolute Gasteiger partial charge is 0.326 e. The van der Waals surface area contributed by atoms with Gasteiger partial charge in [0.2, 0.25) is 5.91 Å². The monoisotopic (exact) mass is 295 g/mol. The predicted octanol–water partition coefficient (Wildman–Crippen LogP) is 1.27. The first-order valence-electron chi connectivity index (χ1n) is 6.07. The second-order valence-electron chi connectivity index (χ2n) is 4.22. The first kappa shape index (κ1) is 16.4. The number of carboxylic acids is 2. The van der Waals surface area contributed by atoms with Crippen LogP contribution in [0.2, 0.25) is 0 Å². The molecule has 0 aromatic heterocycles. The van der Waals surface area contributed by atoms with Crippen molar-refractivity contribution in [2.24, 2.45) is 0 Å². The lowest BCUT2D eigenvalue weighted by atomic mass is 10.1. The summed E-state index contributed by atoms with van der Waals surface area (Å²) in [6.45, 7) is 0. The first-order chi connectivity index (χ1) is 9.88. The largest absolute Gasteiger partial charge is 0.481 e. The fourth-order valence-electron chi connectivity index (χ4n) is 1.53. The number of carbonyl (C=O) groups excluding carboxylic acids is 1. The molecule has 0 saturated heterocycles. The van der Waals surface area contributed by atoms with Crippen molar-refractivity contribution in [1.82, 2.24) is 5.32 Å². The molecule has 0 bridgehead atoms. The quantitative estimate of drug-likeness (QED) is 0.657.